The first kappa shape index (κ1) is 20.0. The Morgan fingerprint density at radius 1 is 1.19 bits per heavy atom. The molecule has 2 aromatic carbocycles. The minimum atomic E-state index is -0.359. The highest BCUT2D eigenvalue weighted by molar-refractivity contribution is 5.97. The van der Waals surface area contributed by atoms with Crippen LogP contribution in [0.3, 0.4) is 0 Å². The van der Waals surface area contributed by atoms with Gasteiger partial charge in [0.2, 0.25) is 5.91 Å². The van der Waals surface area contributed by atoms with E-state index in [1.54, 1.807) is 13.3 Å². The fraction of sp³-hybridized carbons (Fsp3) is 0.192. The Bertz CT molecular complexity index is 1320. The van der Waals surface area contributed by atoms with Crippen molar-refractivity contribution < 1.29 is 9.53 Å². The lowest BCUT2D eigenvalue weighted by Gasteiger charge is -2.22. The van der Waals surface area contributed by atoms with Gasteiger partial charge in [0.05, 0.1) is 24.0 Å². The average molecular weight is 425 g/mol. The number of rotatable bonds is 5. The van der Waals surface area contributed by atoms with Gasteiger partial charge in [0, 0.05) is 23.4 Å². The van der Waals surface area contributed by atoms with Gasteiger partial charge in [0.15, 0.2) is 0 Å². The number of nitrogens with zero attached hydrogens (tertiary/aromatic N) is 3. The summed E-state index contributed by atoms with van der Waals surface area (Å²) in [6.07, 6.45) is 8.17. The van der Waals surface area contributed by atoms with Crippen LogP contribution in [0, 0.1) is 5.92 Å². The molecule has 2 N–H and O–H groups in total. The number of amides is 1. The third-order valence-electron chi connectivity index (χ3n) is 6.09. The Labute approximate surface area is 186 Å². The number of carbonyl (C=O) groups excluding carboxylic acids is 1. The maximum atomic E-state index is 12.3. The Balaban J connectivity index is 1.49. The van der Waals surface area contributed by atoms with E-state index in [9.17, 15) is 4.79 Å². The van der Waals surface area contributed by atoms with Crippen LogP contribution in [0.15, 0.2) is 72.6 Å². The van der Waals surface area contributed by atoms with E-state index in [4.69, 9.17) is 15.6 Å². The van der Waals surface area contributed by atoms with Crippen molar-refractivity contribution in [2.45, 2.75) is 19.3 Å². The van der Waals surface area contributed by atoms with Crippen molar-refractivity contribution in [2.24, 2.45) is 11.7 Å². The van der Waals surface area contributed by atoms with Crippen LogP contribution in [0.25, 0.3) is 22.7 Å². The number of benzene rings is 2. The number of primary amides is 1. The molecule has 6 heteroatoms. The molecule has 5 rings (SSSR count). The van der Waals surface area contributed by atoms with Gasteiger partial charge < -0.3 is 10.5 Å². The molecule has 1 aliphatic carbocycles. The van der Waals surface area contributed by atoms with E-state index in [2.05, 4.69) is 11.2 Å². The van der Waals surface area contributed by atoms with Gasteiger partial charge in [-0.2, -0.15) is 5.10 Å². The summed E-state index contributed by atoms with van der Waals surface area (Å²) in [5.41, 5.74) is 11.5. The number of pyridine rings is 1. The summed E-state index contributed by atoms with van der Waals surface area (Å²) in [5, 5.41) is 5.84. The molecule has 0 radical (unpaired) electrons. The Kier molecular flexibility index (Phi) is 5.19. The zero-order valence-electron chi connectivity index (χ0n) is 17.9. The normalized spacial score (nSPS) is 16.0. The van der Waals surface area contributed by atoms with Crippen LogP contribution in [0.4, 0.5) is 0 Å². The molecule has 1 amide bonds. The molecular formula is C26H24N4O2. The largest absolute Gasteiger partial charge is 0.497 e. The smallest absolute Gasteiger partial charge is 0.244 e. The van der Waals surface area contributed by atoms with Gasteiger partial charge in [-0.1, -0.05) is 30.3 Å². The Morgan fingerprint density at radius 3 is 2.81 bits per heavy atom. The van der Waals surface area contributed by atoms with Gasteiger partial charge in [-0.15, -0.1) is 0 Å². The molecule has 0 saturated carbocycles. The number of aryl methyl sites for hydroxylation is 1. The Hall–Kier alpha value is -3.93. The molecule has 0 spiro atoms. The van der Waals surface area contributed by atoms with Crippen LogP contribution in [0.5, 0.6) is 5.75 Å². The molecular weight excluding hydrogens is 400 g/mol. The second-order valence-electron chi connectivity index (χ2n) is 8.07. The van der Waals surface area contributed by atoms with Crippen molar-refractivity contribution in [2.75, 3.05) is 7.11 Å². The first-order chi connectivity index (χ1) is 15.6. The minimum Gasteiger partial charge on any atom is -0.497 e. The maximum absolute atomic E-state index is 12.3. The SMILES string of the molecule is COc1ccc2nccc(-n3cc4c(n3)CCC(C(=Cc3ccccc3)C(N)=O)C4)c2c1. The minimum absolute atomic E-state index is 0.0761. The summed E-state index contributed by atoms with van der Waals surface area (Å²) in [6.45, 7) is 0. The number of hydrogen-bond donors (Lipinski definition) is 1. The average Bonchev–Trinajstić information content (AvgIpc) is 3.25. The van der Waals surface area contributed by atoms with E-state index in [-0.39, 0.29) is 11.8 Å². The van der Waals surface area contributed by atoms with Gasteiger partial charge in [-0.25, -0.2) is 4.68 Å². The Morgan fingerprint density at radius 2 is 2.03 bits per heavy atom. The van der Waals surface area contributed by atoms with Crippen molar-refractivity contribution in [3.8, 4) is 11.4 Å². The molecule has 6 nitrogen and oxygen atoms in total. The predicted molar refractivity (Wildman–Crippen MR) is 125 cm³/mol. The number of fused-ring (bicyclic) bond motifs is 2. The van der Waals surface area contributed by atoms with Crippen LogP contribution in [-0.2, 0) is 17.6 Å². The van der Waals surface area contributed by atoms with E-state index >= 15 is 0 Å². The van der Waals surface area contributed by atoms with Crippen LogP contribution in [-0.4, -0.2) is 27.8 Å². The lowest BCUT2D eigenvalue weighted by atomic mass is 9.82. The monoisotopic (exact) mass is 424 g/mol. The summed E-state index contributed by atoms with van der Waals surface area (Å²) in [6, 6.07) is 17.6. The molecule has 0 fully saturated rings. The molecule has 1 atom stereocenters. The van der Waals surface area contributed by atoms with Crippen molar-refractivity contribution in [3.63, 3.8) is 0 Å². The fourth-order valence-electron chi connectivity index (χ4n) is 4.45. The van der Waals surface area contributed by atoms with E-state index < -0.39 is 0 Å². The van der Waals surface area contributed by atoms with Crippen LogP contribution in [0.2, 0.25) is 0 Å². The number of methoxy groups -OCH3 is 1. The van der Waals surface area contributed by atoms with Crippen molar-refractivity contribution >= 4 is 22.9 Å². The van der Waals surface area contributed by atoms with E-state index in [1.165, 1.54) is 0 Å². The highest BCUT2D eigenvalue weighted by Gasteiger charge is 2.27. The standard InChI is InChI=1S/C26H24N4O2/c1-32-20-8-10-24-22(15-20)25(11-12-28-24)30-16-19-14-18(7-9-23(19)29-30)21(26(27)31)13-17-5-3-2-4-6-17/h2-6,8,10-13,15-16,18H,7,9,14H2,1H3,(H2,27,31). The number of ether oxygens (including phenoxy) is 1. The molecule has 2 aromatic heterocycles. The molecule has 1 unspecified atom stereocenters. The van der Waals surface area contributed by atoms with Gasteiger partial charge in [0.1, 0.15) is 5.75 Å². The van der Waals surface area contributed by atoms with Gasteiger partial charge in [0.25, 0.3) is 0 Å². The quantitative estimate of drug-likeness (QED) is 0.489. The zero-order valence-corrected chi connectivity index (χ0v) is 17.9. The van der Waals surface area contributed by atoms with Gasteiger partial charge in [-0.05, 0) is 66.6 Å². The first-order valence-corrected chi connectivity index (χ1v) is 10.7. The molecule has 0 aliphatic heterocycles. The number of aromatic nitrogens is 3. The van der Waals surface area contributed by atoms with Crippen molar-refractivity contribution in [1.82, 2.24) is 14.8 Å². The third kappa shape index (κ3) is 3.75. The van der Waals surface area contributed by atoms with Crippen molar-refractivity contribution in [1.29, 1.82) is 0 Å². The van der Waals surface area contributed by atoms with E-state index in [1.807, 2.05) is 65.4 Å². The summed E-state index contributed by atoms with van der Waals surface area (Å²) in [5.74, 6) is 0.495. The summed E-state index contributed by atoms with van der Waals surface area (Å²) < 4.78 is 7.32. The summed E-state index contributed by atoms with van der Waals surface area (Å²) in [4.78, 5) is 16.7. The van der Waals surface area contributed by atoms with E-state index in [0.29, 0.717) is 5.57 Å². The van der Waals surface area contributed by atoms with Crippen molar-refractivity contribution in [3.05, 3.63) is 89.4 Å². The highest BCUT2D eigenvalue weighted by Crippen LogP contribution is 2.32. The molecule has 4 aromatic rings. The van der Waals surface area contributed by atoms with Gasteiger partial charge in [-0.3, -0.25) is 9.78 Å². The van der Waals surface area contributed by atoms with Gasteiger partial charge >= 0.3 is 0 Å². The predicted octanol–water partition coefficient (Wildman–Crippen LogP) is 4.10. The summed E-state index contributed by atoms with van der Waals surface area (Å²) >= 11 is 0. The molecule has 32 heavy (non-hydrogen) atoms. The number of carbonyl (C=O) groups is 1. The third-order valence-corrected chi connectivity index (χ3v) is 6.09. The topological polar surface area (TPSA) is 83.0 Å². The lowest BCUT2D eigenvalue weighted by Crippen LogP contribution is -2.25. The maximum Gasteiger partial charge on any atom is 0.244 e. The number of nitrogens with two attached hydrogens (primary N) is 1. The zero-order chi connectivity index (χ0) is 22.1. The van der Waals surface area contributed by atoms with Crippen LogP contribution in [0.1, 0.15) is 23.2 Å². The number of hydrogen-bond acceptors (Lipinski definition) is 4. The van der Waals surface area contributed by atoms with Crippen LogP contribution >= 0.6 is 0 Å². The molecule has 0 bridgehead atoms. The van der Waals surface area contributed by atoms with E-state index in [0.717, 1.165) is 58.4 Å². The van der Waals surface area contributed by atoms with Crippen LogP contribution < -0.4 is 10.5 Å². The molecule has 2 heterocycles. The first-order valence-electron chi connectivity index (χ1n) is 10.7. The summed E-state index contributed by atoms with van der Waals surface area (Å²) in [7, 11) is 1.66. The highest BCUT2D eigenvalue weighted by atomic mass is 16.5. The molecule has 0 saturated heterocycles. The molecule has 160 valence electrons. The fourth-order valence-corrected chi connectivity index (χ4v) is 4.45. The second-order valence-corrected chi connectivity index (χ2v) is 8.07. The second kappa shape index (κ2) is 8.30. The molecule has 1 aliphatic rings. The lowest BCUT2D eigenvalue weighted by molar-refractivity contribution is -0.115.